The van der Waals surface area contributed by atoms with Crippen LogP contribution >= 0.6 is 7.82 Å². The van der Waals surface area contributed by atoms with Crippen LogP contribution in [0.2, 0.25) is 0 Å². The summed E-state index contributed by atoms with van der Waals surface area (Å²) in [5.74, 6) is -0.904. The Balaban J connectivity index is 4.00. The number of phosphoric acid groups is 1. The molecule has 230 valence electrons. The summed E-state index contributed by atoms with van der Waals surface area (Å²) >= 11 is 0. The van der Waals surface area contributed by atoms with E-state index in [1.807, 2.05) is 0 Å². The van der Waals surface area contributed by atoms with Gasteiger partial charge in [0.15, 0.2) is 6.10 Å². The van der Waals surface area contributed by atoms with Crippen molar-refractivity contribution in [2.24, 2.45) is 0 Å². The molecule has 0 rings (SSSR count). The van der Waals surface area contributed by atoms with E-state index in [1.165, 1.54) is 51.4 Å². The Labute approximate surface area is 237 Å². The Kier molecular flexibility index (Phi) is 26.1. The highest BCUT2D eigenvalue weighted by atomic mass is 31.2. The SMILES string of the molecule is CCCCCCCC/C=C\CCCCCCCC(=O)O[C@H](COC(=O)CCCCCCCC)COP(=O)(O)O. The summed E-state index contributed by atoms with van der Waals surface area (Å²) in [5, 5.41) is 0. The van der Waals surface area contributed by atoms with Crippen LogP contribution in [0.3, 0.4) is 0 Å². The minimum absolute atomic E-state index is 0.205. The van der Waals surface area contributed by atoms with Crippen LogP contribution in [0.1, 0.15) is 149 Å². The number of allylic oxidation sites excluding steroid dienone is 2. The molecule has 0 aromatic heterocycles. The van der Waals surface area contributed by atoms with E-state index in [1.54, 1.807) is 0 Å². The lowest BCUT2D eigenvalue weighted by Crippen LogP contribution is -2.29. The maximum absolute atomic E-state index is 12.2. The highest BCUT2D eigenvalue weighted by Crippen LogP contribution is 2.35. The van der Waals surface area contributed by atoms with Crippen molar-refractivity contribution in [2.45, 2.75) is 155 Å². The quantitative estimate of drug-likeness (QED) is 0.0413. The Morgan fingerprint density at radius 2 is 1.08 bits per heavy atom. The Bertz CT molecular complexity index is 661. The van der Waals surface area contributed by atoms with Crippen LogP contribution < -0.4 is 0 Å². The summed E-state index contributed by atoms with van der Waals surface area (Å²) in [5.41, 5.74) is 0. The third-order valence-corrected chi connectivity index (χ3v) is 7.02. The molecule has 1 atom stereocenters. The van der Waals surface area contributed by atoms with Crippen molar-refractivity contribution in [2.75, 3.05) is 13.2 Å². The molecular formula is C30H57O8P. The van der Waals surface area contributed by atoms with Gasteiger partial charge in [-0.1, -0.05) is 109 Å². The third kappa shape index (κ3) is 29.6. The summed E-state index contributed by atoms with van der Waals surface area (Å²) in [4.78, 5) is 42.2. The van der Waals surface area contributed by atoms with Crippen molar-refractivity contribution in [3.8, 4) is 0 Å². The van der Waals surface area contributed by atoms with E-state index in [4.69, 9.17) is 19.3 Å². The molecule has 0 aromatic rings. The van der Waals surface area contributed by atoms with E-state index < -0.39 is 32.5 Å². The number of hydrogen-bond acceptors (Lipinski definition) is 6. The maximum Gasteiger partial charge on any atom is 0.469 e. The average Bonchev–Trinajstić information content (AvgIpc) is 2.89. The Hall–Kier alpha value is -1.21. The van der Waals surface area contributed by atoms with Crippen LogP contribution in [0.4, 0.5) is 0 Å². The molecule has 0 aliphatic rings. The van der Waals surface area contributed by atoms with Gasteiger partial charge in [-0.25, -0.2) is 4.57 Å². The molecule has 2 N–H and O–H groups in total. The van der Waals surface area contributed by atoms with Crippen LogP contribution in [0.15, 0.2) is 12.2 Å². The van der Waals surface area contributed by atoms with Gasteiger partial charge in [0.05, 0.1) is 6.61 Å². The first-order valence-corrected chi connectivity index (χ1v) is 17.0. The van der Waals surface area contributed by atoms with Crippen LogP contribution in [-0.2, 0) is 28.2 Å². The van der Waals surface area contributed by atoms with Crippen molar-refractivity contribution in [3.05, 3.63) is 12.2 Å². The number of ether oxygens (including phenoxy) is 2. The lowest BCUT2D eigenvalue weighted by atomic mass is 10.1. The summed E-state index contributed by atoms with van der Waals surface area (Å²) in [6.07, 6.45) is 25.4. The minimum atomic E-state index is -4.73. The molecule has 0 fully saturated rings. The van der Waals surface area contributed by atoms with Crippen molar-refractivity contribution in [1.29, 1.82) is 0 Å². The fourth-order valence-corrected chi connectivity index (χ4v) is 4.55. The zero-order valence-electron chi connectivity index (χ0n) is 24.8. The van der Waals surface area contributed by atoms with E-state index in [-0.39, 0.29) is 19.4 Å². The Morgan fingerprint density at radius 3 is 1.56 bits per heavy atom. The molecular weight excluding hydrogens is 519 g/mol. The van der Waals surface area contributed by atoms with Crippen LogP contribution in [0.5, 0.6) is 0 Å². The van der Waals surface area contributed by atoms with Gasteiger partial charge < -0.3 is 19.3 Å². The predicted molar refractivity (Wildman–Crippen MR) is 156 cm³/mol. The van der Waals surface area contributed by atoms with Crippen molar-refractivity contribution in [1.82, 2.24) is 0 Å². The molecule has 8 nitrogen and oxygen atoms in total. The zero-order valence-corrected chi connectivity index (χ0v) is 25.7. The van der Waals surface area contributed by atoms with Crippen LogP contribution in [0, 0.1) is 0 Å². The number of esters is 2. The monoisotopic (exact) mass is 576 g/mol. The largest absolute Gasteiger partial charge is 0.469 e. The van der Waals surface area contributed by atoms with Crippen molar-refractivity contribution in [3.63, 3.8) is 0 Å². The second-order valence-corrected chi connectivity index (χ2v) is 11.7. The van der Waals surface area contributed by atoms with Gasteiger partial charge in [0.25, 0.3) is 0 Å². The van der Waals surface area contributed by atoms with Gasteiger partial charge >= 0.3 is 19.8 Å². The van der Waals surface area contributed by atoms with Gasteiger partial charge in [0, 0.05) is 12.8 Å². The molecule has 0 aromatic carbocycles. The number of hydrogen-bond donors (Lipinski definition) is 2. The standard InChI is InChI=1S/C30H57O8P/c1-3-5-7-9-11-12-13-14-15-16-17-18-19-21-23-25-30(32)38-28(27-37-39(33,34)35)26-36-29(31)24-22-20-10-8-6-4-2/h14-15,28H,3-13,16-27H2,1-2H3,(H2,33,34,35)/b15-14-/t28-/m1/s1. The van der Waals surface area contributed by atoms with Gasteiger partial charge in [-0.2, -0.15) is 0 Å². The Morgan fingerprint density at radius 1 is 0.641 bits per heavy atom. The van der Waals surface area contributed by atoms with Crippen molar-refractivity contribution < 1.29 is 37.9 Å². The van der Waals surface area contributed by atoms with Gasteiger partial charge in [-0.05, 0) is 38.5 Å². The lowest BCUT2D eigenvalue weighted by Gasteiger charge is -2.18. The molecule has 0 amide bonds. The number of carbonyl (C=O) groups excluding carboxylic acids is 2. The fraction of sp³-hybridized carbons (Fsp3) is 0.867. The third-order valence-electron chi connectivity index (χ3n) is 6.53. The molecule has 0 saturated carbocycles. The van der Waals surface area contributed by atoms with E-state index in [0.717, 1.165) is 64.2 Å². The first-order valence-electron chi connectivity index (χ1n) is 15.5. The highest BCUT2D eigenvalue weighted by Gasteiger charge is 2.22. The summed E-state index contributed by atoms with van der Waals surface area (Å²) < 4.78 is 26.0. The highest BCUT2D eigenvalue weighted by molar-refractivity contribution is 7.46. The first kappa shape index (κ1) is 37.8. The average molecular weight is 577 g/mol. The number of rotatable bonds is 28. The lowest BCUT2D eigenvalue weighted by molar-refractivity contribution is -0.161. The van der Waals surface area contributed by atoms with E-state index in [9.17, 15) is 14.2 Å². The molecule has 0 bridgehead atoms. The van der Waals surface area contributed by atoms with E-state index >= 15 is 0 Å². The molecule has 0 unspecified atom stereocenters. The predicted octanol–water partition coefficient (Wildman–Crippen LogP) is 8.34. The summed E-state index contributed by atoms with van der Waals surface area (Å²) in [6.45, 7) is 3.57. The van der Waals surface area contributed by atoms with E-state index in [2.05, 4.69) is 30.5 Å². The first-order chi connectivity index (χ1) is 18.8. The second kappa shape index (κ2) is 27.0. The smallest absolute Gasteiger partial charge is 0.462 e. The molecule has 39 heavy (non-hydrogen) atoms. The zero-order chi connectivity index (χ0) is 29.0. The normalized spacial score (nSPS) is 12.6. The van der Waals surface area contributed by atoms with Gasteiger partial charge in [-0.3, -0.25) is 14.1 Å². The van der Waals surface area contributed by atoms with Crippen LogP contribution in [0.25, 0.3) is 0 Å². The molecule has 0 heterocycles. The second-order valence-electron chi connectivity index (χ2n) is 10.4. The molecule has 0 radical (unpaired) electrons. The minimum Gasteiger partial charge on any atom is -0.462 e. The number of unbranched alkanes of at least 4 members (excludes halogenated alkanes) is 16. The van der Waals surface area contributed by atoms with E-state index in [0.29, 0.717) is 6.42 Å². The molecule has 0 aliphatic carbocycles. The van der Waals surface area contributed by atoms with Crippen LogP contribution in [-0.4, -0.2) is 41.0 Å². The molecule has 0 saturated heterocycles. The number of carbonyl (C=O) groups is 2. The van der Waals surface area contributed by atoms with Gasteiger partial charge in [0.1, 0.15) is 6.61 Å². The molecule has 0 aliphatic heterocycles. The molecule has 9 heteroatoms. The topological polar surface area (TPSA) is 119 Å². The van der Waals surface area contributed by atoms with Gasteiger partial charge in [0.2, 0.25) is 0 Å². The van der Waals surface area contributed by atoms with Crippen molar-refractivity contribution >= 4 is 19.8 Å². The molecule has 0 spiro atoms. The summed E-state index contributed by atoms with van der Waals surface area (Å²) in [7, 11) is -4.73. The van der Waals surface area contributed by atoms with Gasteiger partial charge in [-0.15, -0.1) is 0 Å². The number of phosphoric ester groups is 1. The fourth-order valence-electron chi connectivity index (χ4n) is 4.19. The maximum atomic E-state index is 12.2. The summed E-state index contributed by atoms with van der Waals surface area (Å²) in [6, 6.07) is 0.